The van der Waals surface area contributed by atoms with Gasteiger partial charge in [0.05, 0.1) is 5.75 Å². The molecule has 5 nitrogen and oxygen atoms in total. The van der Waals surface area contributed by atoms with Crippen LogP contribution in [0.15, 0.2) is 47.1 Å². The Labute approximate surface area is 142 Å². The second-order valence-electron chi connectivity index (χ2n) is 5.01. The van der Waals surface area contributed by atoms with Crippen LogP contribution in [-0.2, 0) is 0 Å². The number of aromatic nitrogens is 3. The van der Waals surface area contributed by atoms with Crippen LogP contribution in [0.25, 0.3) is 5.13 Å². The summed E-state index contributed by atoms with van der Waals surface area (Å²) in [5.74, 6) is 0.240. The molecule has 3 heterocycles. The largest absolute Gasteiger partial charge is 0.618 e. The minimum Gasteiger partial charge on any atom is -0.618 e. The van der Waals surface area contributed by atoms with Crippen LogP contribution in [0.2, 0.25) is 0 Å². The monoisotopic (exact) mass is 345 g/mol. The first-order valence-corrected chi connectivity index (χ1v) is 8.87. The number of thiazole rings is 1. The van der Waals surface area contributed by atoms with E-state index in [0.29, 0.717) is 10.6 Å². The maximum Gasteiger partial charge on any atom is 0.251 e. The Morgan fingerprint density at radius 2 is 2.26 bits per heavy atom. The Kier molecular flexibility index (Phi) is 4.49. The molecule has 0 saturated carbocycles. The molecule has 0 bridgehead atoms. The molecule has 0 fully saturated rings. The molecule has 0 aliphatic carbocycles. The second-order valence-corrected chi connectivity index (χ2v) is 6.88. The molecule has 0 unspecified atom stereocenters. The van der Waals surface area contributed by atoms with Gasteiger partial charge < -0.3 is 5.21 Å². The second kappa shape index (κ2) is 6.55. The highest BCUT2D eigenvalue weighted by atomic mass is 32.2. The number of carbonyl (C=O) groups excluding carboxylic acids is 1. The predicted molar refractivity (Wildman–Crippen MR) is 91.4 cm³/mol. The molecular formula is C16H15N3O2S2. The molecule has 118 valence electrons. The summed E-state index contributed by atoms with van der Waals surface area (Å²) in [4.78, 5) is 16.8. The number of hydrogen-bond acceptors (Lipinski definition) is 5. The lowest BCUT2D eigenvalue weighted by Crippen LogP contribution is -2.28. The first-order valence-electron chi connectivity index (χ1n) is 7.01. The lowest BCUT2D eigenvalue weighted by Gasteiger charge is -2.05. The number of ketones is 1. The van der Waals surface area contributed by atoms with Crippen LogP contribution in [0.5, 0.6) is 0 Å². The molecule has 7 heteroatoms. The maximum atomic E-state index is 12.5. The molecule has 0 radical (unpaired) electrons. The van der Waals surface area contributed by atoms with Gasteiger partial charge in [-0.15, -0.1) is 11.3 Å². The first kappa shape index (κ1) is 15.8. The molecule has 0 saturated heterocycles. The van der Waals surface area contributed by atoms with Gasteiger partial charge in [0.1, 0.15) is 0 Å². The molecule has 0 spiro atoms. The zero-order valence-electron chi connectivity index (χ0n) is 12.7. The average Bonchev–Trinajstić information content (AvgIpc) is 3.14. The fourth-order valence-electron chi connectivity index (χ4n) is 2.41. The van der Waals surface area contributed by atoms with E-state index >= 15 is 0 Å². The van der Waals surface area contributed by atoms with Gasteiger partial charge in [0.15, 0.2) is 17.1 Å². The van der Waals surface area contributed by atoms with Gasteiger partial charge in [-0.25, -0.2) is 4.98 Å². The molecule has 0 aromatic carbocycles. The summed E-state index contributed by atoms with van der Waals surface area (Å²) in [6.07, 6.45) is 3.18. The number of Topliss-reactive ketones (excluding diaryl/α,β-unsaturated/α-hetero) is 1. The van der Waals surface area contributed by atoms with Gasteiger partial charge in [0, 0.05) is 40.7 Å². The van der Waals surface area contributed by atoms with Crippen LogP contribution in [0.3, 0.4) is 0 Å². The molecule has 0 aliphatic heterocycles. The molecule has 3 aromatic heterocycles. The molecule has 0 atom stereocenters. The fourth-order valence-corrected chi connectivity index (χ4v) is 3.96. The molecule has 0 aliphatic rings. The smallest absolute Gasteiger partial charge is 0.251 e. The van der Waals surface area contributed by atoms with Crippen molar-refractivity contribution in [1.29, 1.82) is 0 Å². The quantitative estimate of drug-likeness (QED) is 0.308. The van der Waals surface area contributed by atoms with Crippen LogP contribution < -0.4 is 4.73 Å². The number of carbonyl (C=O) groups is 1. The molecule has 0 N–H and O–H groups in total. The molecular weight excluding hydrogens is 330 g/mol. The molecule has 23 heavy (non-hydrogen) atoms. The third-order valence-electron chi connectivity index (χ3n) is 3.48. The number of aryl methyl sites for hydroxylation is 1. The number of nitrogens with zero attached hydrogens (tertiary/aromatic N) is 3. The van der Waals surface area contributed by atoms with Crippen LogP contribution in [0.4, 0.5) is 0 Å². The molecule has 3 aromatic rings. The average molecular weight is 345 g/mol. The minimum atomic E-state index is 0.00904. The number of pyridine rings is 1. The van der Waals surface area contributed by atoms with Gasteiger partial charge >= 0.3 is 0 Å². The lowest BCUT2D eigenvalue weighted by molar-refractivity contribution is -0.645. The van der Waals surface area contributed by atoms with E-state index in [2.05, 4.69) is 4.98 Å². The van der Waals surface area contributed by atoms with Crippen LogP contribution in [-0.4, -0.2) is 21.1 Å². The van der Waals surface area contributed by atoms with Crippen molar-refractivity contribution in [2.24, 2.45) is 0 Å². The third kappa shape index (κ3) is 3.16. The summed E-state index contributed by atoms with van der Waals surface area (Å²) in [7, 11) is 0. The summed E-state index contributed by atoms with van der Waals surface area (Å²) in [6, 6.07) is 7.05. The molecule has 0 amide bonds. The molecule has 3 rings (SSSR count). The number of hydrogen-bond donors (Lipinski definition) is 0. The van der Waals surface area contributed by atoms with Gasteiger partial charge in [0.2, 0.25) is 0 Å². The van der Waals surface area contributed by atoms with Crippen LogP contribution in [0, 0.1) is 19.1 Å². The summed E-state index contributed by atoms with van der Waals surface area (Å²) in [5.41, 5.74) is 2.54. The van der Waals surface area contributed by atoms with Crippen molar-refractivity contribution in [3.05, 3.63) is 64.2 Å². The van der Waals surface area contributed by atoms with E-state index in [1.807, 2.05) is 29.9 Å². The normalized spacial score (nSPS) is 10.9. The van der Waals surface area contributed by atoms with Crippen molar-refractivity contribution in [3.63, 3.8) is 0 Å². The summed E-state index contributed by atoms with van der Waals surface area (Å²) in [5, 5.41) is 14.9. The van der Waals surface area contributed by atoms with Gasteiger partial charge in [-0.1, -0.05) is 0 Å². The van der Waals surface area contributed by atoms with Gasteiger partial charge in [-0.05, 0) is 37.7 Å². The zero-order chi connectivity index (χ0) is 16.4. The van der Waals surface area contributed by atoms with Gasteiger partial charge in [-0.2, -0.15) is 4.73 Å². The highest BCUT2D eigenvalue weighted by molar-refractivity contribution is 7.99. The van der Waals surface area contributed by atoms with Crippen molar-refractivity contribution in [2.75, 3.05) is 5.75 Å². The van der Waals surface area contributed by atoms with E-state index in [0.717, 1.165) is 21.2 Å². The topological polar surface area (TPSA) is 61.8 Å². The summed E-state index contributed by atoms with van der Waals surface area (Å²) in [6.45, 7) is 3.88. The van der Waals surface area contributed by atoms with Crippen LogP contribution in [0.1, 0.15) is 21.7 Å². The van der Waals surface area contributed by atoms with Crippen molar-refractivity contribution >= 4 is 28.9 Å². The highest BCUT2D eigenvalue weighted by Crippen LogP contribution is 2.24. The van der Waals surface area contributed by atoms with Crippen molar-refractivity contribution in [3.8, 4) is 5.13 Å². The first-order chi connectivity index (χ1) is 11.1. The Balaban J connectivity index is 1.81. The Morgan fingerprint density at radius 1 is 1.43 bits per heavy atom. The number of thioether (sulfide) groups is 1. The van der Waals surface area contributed by atoms with E-state index < -0.39 is 0 Å². The third-order valence-corrected chi connectivity index (χ3v) is 5.26. The van der Waals surface area contributed by atoms with Crippen molar-refractivity contribution in [2.45, 2.75) is 18.9 Å². The minimum absolute atomic E-state index is 0.00904. The van der Waals surface area contributed by atoms with Crippen molar-refractivity contribution in [1.82, 2.24) is 9.55 Å². The fraction of sp³-hybridized carbons (Fsp3) is 0.188. The Hall–Kier alpha value is -2.12. The van der Waals surface area contributed by atoms with E-state index in [9.17, 15) is 10.0 Å². The van der Waals surface area contributed by atoms with Gasteiger partial charge in [-0.3, -0.25) is 9.36 Å². The summed E-state index contributed by atoms with van der Waals surface area (Å²) < 4.78 is 2.76. The van der Waals surface area contributed by atoms with Gasteiger partial charge in [0.25, 0.3) is 5.03 Å². The van der Waals surface area contributed by atoms with E-state index in [1.165, 1.54) is 29.3 Å². The lowest BCUT2D eigenvalue weighted by atomic mass is 10.2. The van der Waals surface area contributed by atoms with E-state index in [-0.39, 0.29) is 11.5 Å². The Morgan fingerprint density at radius 3 is 2.96 bits per heavy atom. The maximum absolute atomic E-state index is 12.5. The standard InChI is InChI=1S/C16H15N3O2S2/c1-11-9-13(12(2)19(11)16-17-6-8-22-16)14(20)10-23-15-5-3-4-7-18(15)21/h3-9H,10H2,1-2H3. The zero-order valence-corrected chi connectivity index (χ0v) is 14.4. The van der Waals surface area contributed by atoms with Crippen molar-refractivity contribution < 1.29 is 9.52 Å². The SMILES string of the molecule is Cc1cc(C(=O)CSc2cccc[n+]2[O-])c(C)n1-c1nccs1. The summed E-state index contributed by atoms with van der Waals surface area (Å²) >= 11 is 2.78. The highest BCUT2D eigenvalue weighted by Gasteiger charge is 2.19. The Bertz CT molecular complexity index is 841. The van der Waals surface area contributed by atoms with E-state index in [1.54, 1.807) is 24.4 Å². The predicted octanol–water partition coefficient (Wildman–Crippen LogP) is 3.16. The van der Waals surface area contributed by atoms with E-state index in [4.69, 9.17) is 0 Å². The van der Waals surface area contributed by atoms with Crippen LogP contribution >= 0.6 is 23.1 Å². The number of rotatable bonds is 5.